The topological polar surface area (TPSA) is 127 Å². The van der Waals surface area contributed by atoms with E-state index in [-0.39, 0.29) is 22.7 Å². The molecule has 4 aliphatic carbocycles. The van der Waals surface area contributed by atoms with Crippen LogP contribution in [0.2, 0.25) is 0 Å². The molecule has 0 aromatic heterocycles. The zero-order valence-corrected chi connectivity index (χ0v) is 14.1. The van der Waals surface area contributed by atoms with Gasteiger partial charge in [-0.1, -0.05) is 0 Å². The average Bonchev–Trinajstić information content (AvgIpc) is 2.58. The number of amides is 1. The summed E-state index contributed by atoms with van der Waals surface area (Å²) in [5.74, 6) is 1.71. The van der Waals surface area contributed by atoms with Crippen molar-refractivity contribution in [2.24, 2.45) is 23.2 Å². The van der Waals surface area contributed by atoms with E-state index in [2.05, 4.69) is 10.9 Å². The summed E-state index contributed by atoms with van der Waals surface area (Å²) in [6.07, 6.45) is 6.30. The average molecular weight is 360 g/mol. The van der Waals surface area contributed by atoms with Gasteiger partial charge >= 0.3 is 5.69 Å². The number of hydrogen-bond acceptors (Lipinski definition) is 6. The lowest BCUT2D eigenvalue weighted by atomic mass is 9.49. The Balaban J connectivity index is 1.50. The number of nitro groups is 2. The molecular weight excluding hydrogens is 340 g/mol. The summed E-state index contributed by atoms with van der Waals surface area (Å²) in [5, 5.41) is 22.0. The maximum Gasteiger partial charge on any atom is 0.300 e. The lowest BCUT2D eigenvalue weighted by molar-refractivity contribution is -0.393. The Morgan fingerprint density at radius 2 is 1.58 bits per heavy atom. The van der Waals surface area contributed by atoms with Crippen LogP contribution in [-0.2, 0) is 4.79 Å². The molecule has 4 aliphatic rings. The summed E-state index contributed by atoms with van der Waals surface area (Å²) in [4.78, 5) is 33.5. The molecule has 5 rings (SSSR count). The monoisotopic (exact) mass is 360 g/mol. The zero-order valence-electron chi connectivity index (χ0n) is 14.1. The molecule has 0 unspecified atom stereocenters. The number of rotatable bonds is 5. The van der Waals surface area contributed by atoms with Crippen molar-refractivity contribution < 1.29 is 14.6 Å². The summed E-state index contributed by atoms with van der Waals surface area (Å²) in [7, 11) is 0. The number of nitrogens with zero attached hydrogens (tertiary/aromatic N) is 2. The molecule has 2 N–H and O–H groups in total. The molecule has 1 amide bonds. The first-order valence-corrected chi connectivity index (χ1v) is 8.85. The van der Waals surface area contributed by atoms with E-state index in [9.17, 15) is 25.0 Å². The highest BCUT2D eigenvalue weighted by Gasteiger charge is 2.54. The van der Waals surface area contributed by atoms with Crippen LogP contribution in [0.15, 0.2) is 18.2 Å². The molecule has 0 aliphatic heterocycles. The second-order valence-electron chi connectivity index (χ2n) is 7.99. The second-order valence-corrected chi connectivity index (χ2v) is 7.99. The van der Waals surface area contributed by atoms with Gasteiger partial charge in [0.25, 0.3) is 5.69 Å². The van der Waals surface area contributed by atoms with Crippen LogP contribution in [0.4, 0.5) is 17.1 Å². The number of nitro benzene ring substituents is 2. The molecule has 4 bridgehead atoms. The summed E-state index contributed by atoms with van der Waals surface area (Å²) in [6.45, 7) is 0. The first-order valence-electron chi connectivity index (χ1n) is 8.85. The van der Waals surface area contributed by atoms with E-state index in [0.717, 1.165) is 25.3 Å². The molecule has 0 spiro atoms. The smallest absolute Gasteiger partial charge is 0.292 e. The molecule has 4 saturated carbocycles. The second kappa shape index (κ2) is 5.93. The maximum atomic E-state index is 12.9. The van der Waals surface area contributed by atoms with Gasteiger partial charge in [0.1, 0.15) is 5.69 Å². The molecule has 138 valence electrons. The van der Waals surface area contributed by atoms with E-state index in [0.29, 0.717) is 17.8 Å². The summed E-state index contributed by atoms with van der Waals surface area (Å²) in [6, 6.07) is 3.31. The minimum atomic E-state index is -0.702. The first-order chi connectivity index (χ1) is 12.4. The fourth-order valence-electron chi connectivity index (χ4n) is 5.54. The van der Waals surface area contributed by atoms with Crippen molar-refractivity contribution in [2.45, 2.75) is 38.5 Å². The van der Waals surface area contributed by atoms with Crippen molar-refractivity contribution in [3.05, 3.63) is 38.4 Å². The van der Waals surface area contributed by atoms with Gasteiger partial charge in [0.15, 0.2) is 0 Å². The number of anilines is 1. The maximum absolute atomic E-state index is 12.9. The quantitative estimate of drug-likeness (QED) is 0.613. The minimum Gasteiger partial charge on any atom is -0.292 e. The molecule has 0 atom stereocenters. The van der Waals surface area contributed by atoms with Gasteiger partial charge in [-0.3, -0.25) is 35.9 Å². The molecule has 0 heterocycles. The van der Waals surface area contributed by atoms with Crippen molar-refractivity contribution in [1.29, 1.82) is 0 Å². The van der Waals surface area contributed by atoms with Crippen LogP contribution < -0.4 is 10.9 Å². The fourth-order valence-corrected chi connectivity index (χ4v) is 5.54. The third kappa shape index (κ3) is 2.77. The SMILES string of the molecule is O=C(NNc1ccc([N+](=O)[O-])cc1[N+](=O)[O-])C12CC3CC(CC(C3)C1)C2. The minimum absolute atomic E-state index is 0.0404. The lowest BCUT2D eigenvalue weighted by Crippen LogP contribution is -2.54. The predicted molar refractivity (Wildman–Crippen MR) is 92.1 cm³/mol. The number of nitrogens with one attached hydrogen (secondary N) is 2. The number of hydrazine groups is 1. The number of hydrogen-bond donors (Lipinski definition) is 2. The molecule has 26 heavy (non-hydrogen) atoms. The van der Waals surface area contributed by atoms with E-state index in [1.54, 1.807) is 0 Å². The van der Waals surface area contributed by atoms with Gasteiger partial charge in [0.05, 0.1) is 21.3 Å². The molecular formula is C17H20N4O5. The number of non-ortho nitro benzene ring substituents is 1. The molecule has 9 nitrogen and oxygen atoms in total. The van der Waals surface area contributed by atoms with Crippen molar-refractivity contribution >= 4 is 23.0 Å². The van der Waals surface area contributed by atoms with Crippen molar-refractivity contribution in [2.75, 3.05) is 5.43 Å². The third-order valence-electron chi connectivity index (χ3n) is 6.22. The molecule has 1 aromatic rings. The lowest BCUT2D eigenvalue weighted by Gasteiger charge is -2.55. The van der Waals surface area contributed by atoms with Crippen molar-refractivity contribution in [1.82, 2.24) is 5.43 Å². The number of carbonyl (C=O) groups is 1. The predicted octanol–water partition coefficient (Wildman–Crippen LogP) is 3.16. The highest BCUT2D eigenvalue weighted by molar-refractivity contribution is 5.85. The summed E-state index contributed by atoms with van der Waals surface area (Å²) >= 11 is 0. The summed E-state index contributed by atoms with van der Waals surface area (Å²) in [5.41, 5.74) is 4.12. The van der Waals surface area contributed by atoms with E-state index in [4.69, 9.17) is 0 Å². The largest absolute Gasteiger partial charge is 0.300 e. The number of carbonyl (C=O) groups excluding carboxylic acids is 1. The van der Waals surface area contributed by atoms with Crippen LogP contribution in [0, 0.1) is 43.4 Å². The Morgan fingerprint density at radius 3 is 2.08 bits per heavy atom. The third-order valence-corrected chi connectivity index (χ3v) is 6.22. The van der Waals surface area contributed by atoms with Gasteiger partial charge in [0.2, 0.25) is 5.91 Å². The molecule has 0 saturated heterocycles. The Bertz CT molecular complexity index is 758. The van der Waals surface area contributed by atoms with Gasteiger partial charge in [0, 0.05) is 6.07 Å². The summed E-state index contributed by atoms with van der Waals surface area (Å²) < 4.78 is 0. The molecule has 0 radical (unpaired) electrons. The van der Waals surface area contributed by atoms with Gasteiger partial charge in [-0.2, -0.15) is 0 Å². The fraction of sp³-hybridized carbons (Fsp3) is 0.588. The zero-order chi connectivity index (χ0) is 18.5. The Kier molecular flexibility index (Phi) is 3.82. The van der Waals surface area contributed by atoms with E-state index in [1.807, 2.05) is 0 Å². The van der Waals surface area contributed by atoms with Crippen LogP contribution in [-0.4, -0.2) is 15.8 Å². The van der Waals surface area contributed by atoms with E-state index >= 15 is 0 Å². The molecule has 1 aromatic carbocycles. The highest BCUT2D eigenvalue weighted by atomic mass is 16.6. The van der Waals surface area contributed by atoms with Gasteiger partial charge in [-0.15, -0.1) is 0 Å². The van der Waals surface area contributed by atoms with Crippen LogP contribution in [0.25, 0.3) is 0 Å². The van der Waals surface area contributed by atoms with Crippen LogP contribution in [0.5, 0.6) is 0 Å². The van der Waals surface area contributed by atoms with Crippen LogP contribution in [0.1, 0.15) is 38.5 Å². The van der Waals surface area contributed by atoms with Crippen molar-refractivity contribution in [3.8, 4) is 0 Å². The Morgan fingerprint density at radius 1 is 1.00 bits per heavy atom. The Hall–Kier alpha value is -2.71. The van der Waals surface area contributed by atoms with Crippen LogP contribution in [0.3, 0.4) is 0 Å². The molecule has 4 fully saturated rings. The van der Waals surface area contributed by atoms with Gasteiger partial charge in [-0.05, 0) is 62.3 Å². The first kappa shape index (κ1) is 16.7. The molecule has 9 heteroatoms. The Labute approximate surface area is 149 Å². The van der Waals surface area contributed by atoms with Gasteiger partial charge < -0.3 is 0 Å². The highest BCUT2D eigenvalue weighted by Crippen LogP contribution is 2.60. The standard InChI is InChI=1S/C17H20N4O5/c22-16(17-7-10-3-11(8-17)5-12(4-10)9-17)19-18-14-2-1-13(20(23)24)6-15(14)21(25)26/h1-2,6,10-12,18H,3-5,7-9H2,(H,19,22). The van der Waals surface area contributed by atoms with E-state index < -0.39 is 15.5 Å². The van der Waals surface area contributed by atoms with Crippen LogP contribution >= 0.6 is 0 Å². The normalized spacial score (nSPS) is 31.5. The number of benzene rings is 1. The van der Waals surface area contributed by atoms with Gasteiger partial charge in [-0.25, -0.2) is 0 Å². The van der Waals surface area contributed by atoms with Crippen molar-refractivity contribution in [3.63, 3.8) is 0 Å². The van der Waals surface area contributed by atoms with E-state index in [1.165, 1.54) is 31.4 Å².